The van der Waals surface area contributed by atoms with Gasteiger partial charge in [-0.1, -0.05) is 12.1 Å². The van der Waals surface area contributed by atoms with Crippen LogP contribution in [-0.2, 0) is 6.61 Å². The van der Waals surface area contributed by atoms with Crippen LogP contribution in [-0.4, -0.2) is 9.44 Å². The van der Waals surface area contributed by atoms with Gasteiger partial charge >= 0.3 is 0 Å². The molecule has 5 heteroatoms. The van der Waals surface area contributed by atoms with E-state index in [1.54, 1.807) is 24.3 Å². The van der Waals surface area contributed by atoms with Crippen molar-refractivity contribution >= 4 is 11.9 Å². The molecule has 0 atom stereocenters. The van der Waals surface area contributed by atoms with Gasteiger partial charge < -0.3 is 5.11 Å². The Morgan fingerprint density at radius 1 is 1.42 bits per heavy atom. The Morgan fingerprint density at radius 2 is 2.00 bits per heavy atom. The first-order chi connectivity index (χ1) is 5.72. The molecular weight excluding hydrogens is 178 g/mol. The van der Waals surface area contributed by atoms with E-state index >= 15 is 0 Å². The molecule has 1 N–H and O–H groups in total. The summed E-state index contributed by atoms with van der Waals surface area (Å²) in [5, 5.41) is 18.7. The van der Waals surface area contributed by atoms with Crippen molar-refractivity contribution < 1.29 is 9.44 Å². The van der Waals surface area contributed by atoms with Gasteiger partial charge in [0.15, 0.2) is 0 Å². The first-order valence-corrected chi connectivity index (χ1v) is 4.02. The van der Waals surface area contributed by atoms with E-state index in [1.807, 2.05) is 0 Å². The Morgan fingerprint density at radius 3 is 2.42 bits per heavy atom. The van der Waals surface area contributed by atoms with E-state index in [9.17, 15) is 10.1 Å². The number of rotatable bonds is 3. The van der Waals surface area contributed by atoms with Crippen molar-refractivity contribution in [2.45, 2.75) is 11.5 Å². The van der Waals surface area contributed by atoms with E-state index in [2.05, 4.69) is 0 Å². The largest absolute Gasteiger partial charge is 0.392 e. The van der Waals surface area contributed by atoms with Crippen LogP contribution in [0.5, 0.6) is 0 Å². The van der Waals surface area contributed by atoms with Gasteiger partial charge in [-0.25, -0.2) is 0 Å². The Hall–Kier alpha value is -1.07. The van der Waals surface area contributed by atoms with Crippen molar-refractivity contribution in [3.8, 4) is 0 Å². The summed E-state index contributed by atoms with van der Waals surface area (Å²) in [6.07, 6.45) is 0. The van der Waals surface area contributed by atoms with Gasteiger partial charge in [0.25, 0.3) is 11.9 Å². The zero-order valence-corrected chi connectivity index (χ0v) is 6.95. The van der Waals surface area contributed by atoms with Gasteiger partial charge in [0.2, 0.25) is 0 Å². The number of nitro groups is 1. The van der Waals surface area contributed by atoms with Gasteiger partial charge in [0.1, 0.15) is 4.33 Å². The van der Waals surface area contributed by atoms with E-state index in [0.717, 1.165) is 5.56 Å². The lowest BCUT2D eigenvalue weighted by atomic mass is 10.2. The van der Waals surface area contributed by atoms with Crippen molar-refractivity contribution in [3.63, 3.8) is 0 Å². The molecule has 0 unspecified atom stereocenters. The maximum absolute atomic E-state index is 10.0. The van der Waals surface area contributed by atoms with Crippen molar-refractivity contribution in [1.29, 1.82) is 0 Å². The fourth-order valence-corrected chi connectivity index (χ4v) is 1.17. The van der Waals surface area contributed by atoms with Gasteiger partial charge in [0.05, 0.1) is 11.5 Å². The molecule has 0 bridgehead atoms. The number of aliphatic hydroxyl groups is 1. The molecule has 1 aromatic carbocycles. The van der Waals surface area contributed by atoms with Gasteiger partial charge in [-0.3, -0.25) is 10.1 Å². The normalized spacial score (nSPS) is 9.75. The van der Waals surface area contributed by atoms with Crippen LogP contribution in [0.15, 0.2) is 29.2 Å². The quantitative estimate of drug-likeness (QED) is 0.440. The minimum Gasteiger partial charge on any atom is -0.392 e. The fraction of sp³-hybridized carbons (Fsp3) is 0.143. The highest BCUT2D eigenvalue weighted by Gasteiger charge is 2.03. The van der Waals surface area contributed by atoms with E-state index in [0.29, 0.717) is 16.8 Å². The van der Waals surface area contributed by atoms with Crippen molar-refractivity contribution in [1.82, 2.24) is 0 Å². The summed E-state index contributed by atoms with van der Waals surface area (Å²) in [7, 11) is 0. The second kappa shape index (κ2) is 4.08. The summed E-state index contributed by atoms with van der Waals surface area (Å²) in [6.45, 7) is -0.0383. The lowest BCUT2D eigenvalue weighted by Crippen LogP contribution is -1.85. The molecule has 0 saturated heterocycles. The maximum Gasteiger partial charge on any atom is 0.265 e. The predicted molar refractivity (Wildman–Crippen MR) is 45.2 cm³/mol. The first kappa shape index (κ1) is 9.02. The molecule has 0 spiro atoms. The Balaban J connectivity index is 2.71. The minimum absolute atomic E-state index is 0.0383. The SMILES string of the molecule is O=[N+]([O-])Sc1ccc(CO)cc1. The molecule has 0 saturated carbocycles. The maximum atomic E-state index is 10.0. The van der Waals surface area contributed by atoms with E-state index in [4.69, 9.17) is 5.11 Å². The summed E-state index contributed by atoms with van der Waals surface area (Å²) in [6, 6.07) is 6.54. The molecule has 64 valence electrons. The standard InChI is InChI=1S/C7H7NO3S/c9-5-6-1-3-7(4-2-6)12-8(10)11/h1-4,9H,5H2. The Labute approximate surface area is 73.5 Å². The van der Waals surface area contributed by atoms with Gasteiger partial charge in [-0.15, -0.1) is 0 Å². The molecule has 0 aliphatic heterocycles. The van der Waals surface area contributed by atoms with Crippen LogP contribution in [0.3, 0.4) is 0 Å². The van der Waals surface area contributed by atoms with Crippen molar-refractivity contribution in [2.75, 3.05) is 0 Å². The minimum atomic E-state index is -0.464. The smallest absolute Gasteiger partial charge is 0.265 e. The molecule has 0 amide bonds. The second-order valence-corrected chi connectivity index (χ2v) is 3.07. The van der Waals surface area contributed by atoms with Crippen LogP contribution in [0.2, 0.25) is 0 Å². The lowest BCUT2D eigenvalue weighted by Gasteiger charge is -1.94. The zero-order valence-electron chi connectivity index (χ0n) is 6.14. The molecule has 0 aliphatic rings. The molecule has 4 nitrogen and oxygen atoms in total. The Bertz CT molecular complexity index is 272. The van der Waals surface area contributed by atoms with E-state index < -0.39 is 4.33 Å². The topological polar surface area (TPSA) is 63.4 Å². The Kier molecular flexibility index (Phi) is 3.07. The molecule has 0 aromatic heterocycles. The second-order valence-electron chi connectivity index (χ2n) is 2.12. The number of hydrogen-bond acceptors (Lipinski definition) is 4. The van der Waals surface area contributed by atoms with Crippen molar-refractivity contribution in [3.05, 3.63) is 39.9 Å². The molecule has 0 fully saturated rings. The van der Waals surface area contributed by atoms with Gasteiger partial charge in [-0.05, 0) is 17.7 Å². The summed E-state index contributed by atoms with van der Waals surface area (Å²) < 4.78 is -0.464. The summed E-state index contributed by atoms with van der Waals surface area (Å²) in [5.41, 5.74) is 0.752. The summed E-state index contributed by atoms with van der Waals surface area (Å²) >= 11 is 0.558. The third-order valence-electron chi connectivity index (χ3n) is 1.29. The third-order valence-corrected chi connectivity index (χ3v) is 1.92. The fourth-order valence-electron chi connectivity index (χ4n) is 0.742. The molecule has 0 radical (unpaired) electrons. The van der Waals surface area contributed by atoms with Crippen LogP contribution in [0, 0.1) is 10.1 Å². The summed E-state index contributed by atoms with van der Waals surface area (Å²) in [4.78, 5) is 10.6. The third kappa shape index (κ3) is 2.52. The first-order valence-electron chi connectivity index (χ1n) is 3.24. The highest BCUT2D eigenvalue weighted by Crippen LogP contribution is 2.17. The molecule has 1 aromatic rings. The van der Waals surface area contributed by atoms with Crippen LogP contribution < -0.4 is 0 Å². The lowest BCUT2D eigenvalue weighted by molar-refractivity contribution is -0.284. The average molecular weight is 185 g/mol. The van der Waals surface area contributed by atoms with Crippen molar-refractivity contribution in [2.24, 2.45) is 0 Å². The van der Waals surface area contributed by atoms with E-state index in [-0.39, 0.29) is 6.61 Å². The van der Waals surface area contributed by atoms with Gasteiger partial charge in [-0.2, -0.15) is 0 Å². The van der Waals surface area contributed by atoms with Crippen LogP contribution >= 0.6 is 11.9 Å². The molecule has 12 heavy (non-hydrogen) atoms. The molecular formula is C7H7NO3S. The van der Waals surface area contributed by atoms with Crippen LogP contribution in [0.4, 0.5) is 0 Å². The highest BCUT2D eigenvalue weighted by molar-refractivity contribution is 7.93. The van der Waals surface area contributed by atoms with E-state index in [1.165, 1.54) is 0 Å². The summed E-state index contributed by atoms with van der Waals surface area (Å²) in [5.74, 6) is 0. The van der Waals surface area contributed by atoms with Crippen LogP contribution in [0.1, 0.15) is 5.56 Å². The monoisotopic (exact) mass is 185 g/mol. The van der Waals surface area contributed by atoms with Gasteiger partial charge in [0, 0.05) is 0 Å². The molecule has 0 aliphatic carbocycles. The highest BCUT2D eigenvalue weighted by atomic mass is 32.2. The number of aliphatic hydroxyl groups excluding tert-OH is 1. The number of benzene rings is 1. The number of nitrogens with zero attached hydrogens (tertiary/aromatic N) is 1. The predicted octanol–water partition coefficient (Wildman–Crippen LogP) is 1.46. The van der Waals surface area contributed by atoms with Crippen LogP contribution in [0.25, 0.3) is 0 Å². The number of hydrogen-bond donors (Lipinski definition) is 1. The molecule has 0 heterocycles. The average Bonchev–Trinajstić information content (AvgIpc) is 2.05. The zero-order chi connectivity index (χ0) is 8.97. The molecule has 1 rings (SSSR count).